The SMILES string of the molecule is CC1CCN(c2c(N)ccc(NC3CC3)c2C=N)C1. The summed E-state index contributed by atoms with van der Waals surface area (Å²) in [6.45, 7) is 4.35. The lowest BCUT2D eigenvalue weighted by Crippen LogP contribution is -2.22. The fraction of sp³-hybridized carbons (Fsp3) is 0.533. The predicted octanol–water partition coefficient (Wildman–Crippen LogP) is 2.69. The van der Waals surface area contributed by atoms with E-state index in [2.05, 4.69) is 17.1 Å². The van der Waals surface area contributed by atoms with Crippen molar-refractivity contribution in [2.75, 3.05) is 29.0 Å². The second-order valence-electron chi connectivity index (χ2n) is 5.87. The minimum Gasteiger partial charge on any atom is -0.397 e. The van der Waals surface area contributed by atoms with Gasteiger partial charge in [-0.25, -0.2) is 0 Å². The van der Waals surface area contributed by atoms with E-state index in [1.54, 1.807) is 0 Å². The molecule has 4 heteroatoms. The van der Waals surface area contributed by atoms with Crippen molar-refractivity contribution in [2.24, 2.45) is 5.92 Å². The molecule has 1 aromatic rings. The van der Waals surface area contributed by atoms with Crippen molar-refractivity contribution >= 4 is 23.3 Å². The molecule has 102 valence electrons. The first-order valence-electron chi connectivity index (χ1n) is 7.13. The van der Waals surface area contributed by atoms with Crippen LogP contribution in [0.5, 0.6) is 0 Å². The van der Waals surface area contributed by atoms with Gasteiger partial charge in [-0.05, 0) is 37.3 Å². The molecule has 4 nitrogen and oxygen atoms in total. The van der Waals surface area contributed by atoms with E-state index in [9.17, 15) is 0 Å². The van der Waals surface area contributed by atoms with Gasteiger partial charge in [0.05, 0.1) is 11.4 Å². The summed E-state index contributed by atoms with van der Waals surface area (Å²) < 4.78 is 0. The summed E-state index contributed by atoms with van der Waals surface area (Å²) in [4.78, 5) is 2.33. The Bertz CT molecular complexity index is 493. The van der Waals surface area contributed by atoms with Crippen molar-refractivity contribution in [3.8, 4) is 0 Å². The Morgan fingerprint density at radius 1 is 1.37 bits per heavy atom. The van der Waals surface area contributed by atoms with E-state index in [0.717, 1.165) is 35.7 Å². The molecule has 1 saturated carbocycles. The van der Waals surface area contributed by atoms with E-state index in [0.29, 0.717) is 12.0 Å². The molecule has 4 N–H and O–H groups in total. The standard InChI is InChI=1S/C15H22N4/c1-10-6-7-19(9-10)15-12(8-16)14(5-4-13(15)17)18-11-2-3-11/h4-5,8,10-11,16,18H,2-3,6-7,9,17H2,1H3. The second kappa shape index (κ2) is 4.76. The minimum atomic E-state index is 0.590. The number of rotatable bonds is 4. The molecule has 0 spiro atoms. The largest absolute Gasteiger partial charge is 0.397 e. The van der Waals surface area contributed by atoms with Gasteiger partial charge in [0.25, 0.3) is 0 Å². The highest BCUT2D eigenvalue weighted by Crippen LogP contribution is 2.37. The maximum atomic E-state index is 7.75. The molecule has 0 radical (unpaired) electrons. The first kappa shape index (κ1) is 12.3. The fourth-order valence-corrected chi connectivity index (χ4v) is 2.84. The van der Waals surface area contributed by atoms with E-state index < -0.39 is 0 Å². The zero-order chi connectivity index (χ0) is 13.4. The number of hydrogen-bond acceptors (Lipinski definition) is 4. The van der Waals surface area contributed by atoms with E-state index >= 15 is 0 Å². The van der Waals surface area contributed by atoms with Crippen molar-refractivity contribution in [1.29, 1.82) is 5.41 Å². The summed E-state index contributed by atoms with van der Waals surface area (Å²) in [6, 6.07) is 4.57. The lowest BCUT2D eigenvalue weighted by atomic mass is 10.1. The lowest BCUT2D eigenvalue weighted by molar-refractivity contribution is 0.659. The Balaban J connectivity index is 1.97. The Morgan fingerprint density at radius 3 is 2.74 bits per heavy atom. The quantitative estimate of drug-likeness (QED) is 0.574. The molecule has 2 aliphatic rings. The molecule has 0 bridgehead atoms. The monoisotopic (exact) mass is 258 g/mol. The molecule has 0 aromatic heterocycles. The highest BCUT2D eigenvalue weighted by molar-refractivity contribution is 5.98. The van der Waals surface area contributed by atoms with Crippen LogP contribution in [0.4, 0.5) is 17.1 Å². The molecule has 3 rings (SSSR count). The summed E-state index contributed by atoms with van der Waals surface area (Å²) >= 11 is 0. The molecule has 0 amide bonds. The second-order valence-corrected chi connectivity index (χ2v) is 5.87. The van der Waals surface area contributed by atoms with Crippen LogP contribution in [-0.2, 0) is 0 Å². The summed E-state index contributed by atoms with van der Waals surface area (Å²) in [7, 11) is 0. The molecular weight excluding hydrogens is 236 g/mol. The van der Waals surface area contributed by atoms with Crippen molar-refractivity contribution < 1.29 is 0 Å². The highest BCUT2D eigenvalue weighted by atomic mass is 15.2. The number of nitrogens with one attached hydrogen (secondary N) is 2. The topological polar surface area (TPSA) is 65.1 Å². The molecule has 1 saturated heterocycles. The fourth-order valence-electron chi connectivity index (χ4n) is 2.84. The van der Waals surface area contributed by atoms with E-state index in [1.165, 1.54) is 25.5 Å². The van der Waals surface area contributed by atoms with Gasteiger partial charge in [-0.2, -0.15) is 0 Å². The van der Waals surface area contributed by atoms with Gasteiger partial charge >= 0.3 is 0 Å². The van der Waals surface area contributed by atoms with E-state index in [-0.39, 0.29) is 0 Å². The number of anilines is 3. The van der Waals surface area contributed by atoms with Crippen LogP contribution >= 0.6 is 0 Å². The molecule has 2 fully saturated rings. The van der Waals surface area contributed by atoms with Gasteiger partial charge in [0.2, 0.25) is 0 Å². The highest BCUT2D eigenvalue weighted by Gasteiger charge is 2.26. The number of hydrogen-bond donors (Lipinski definition) is 3. The van der Waals surface area contributed by atoms with E-state index in [4.69, 9.17) is 11.1 Å². The average Bonchev–Trinajstić information content (AvgIpc) is 3.11. The lowest BCUT2D eigenvalue weighted by Gasteiger charge is -2.24. The van der Waals surface area contributed by atoms with Crippen molar-refractivity contribution in [3.05, 3.63) is 17.7 Å². The molecule has 1 heterocycles. The molecule has 1 aromatic carbocycles. The molecule has 1 aliphatic carbocycles. The Kier molecular flexibility index (Phi) is 3.09. The van der Waals surface area contributed by atoms with Crippen molar-refractivity contribution in [1.82, 2.24) is 0 Å². The van der Waals surface area contributed by atoms with Crippen molar-refractivity contribution in [3.63, 3.8) is 0 Å². The van der Waals surface area contributed by atoms with Gasteiger partial charge in [-0.15, -0.1) is 0 Å². The minimum absolute atomic E-state index is 0.590. The van der Waals surface area contributed by atoms with Gasteiger partial charge in [0, 0.05) is 36.6 Å². The van der Waals surface area contributed by atoms with Crippen LogP contribution in [0.15, 0.2) is 12.1 Å². The molecule has 19 heavy (non-hydrogen) atoms. The Hall–Kier alpha value is -1.71. The molecule has 1 unspecified atom stereocenters. The number of nitrogens with two attached hydrogens (primary N) is 1. The number of nitrogens with zero attached hydrogens (tertiary/aromatic N) is 1. The zero-order valence-corrected chi connectivity index (χ0v) is 11.4. The maximum Gasteiger partial charge on any atom is 0.0709 e. The number of nitrogen functional groups attached to an aromatic ring is 1. The van der Waals surface area contributed by atoms with Gasteiger partial charge in [-0.1, -0.05) is 6.92 Å². The average molecular weight is 258 g/mol. The van der Waals surface area contributed by atoms with E-state index in [1.807, 2.05) is 12.1 Å². The van der Waals surface area contributed by atoms with Crippen LogP contribution in [0.3, 0.4) is 0 Å². The summed E-state index contributed by atoms with van der Waals surface area (Å²) in [6.07, 6.45) is 5.12. The van der Waals surface area contributed by atoms with Crippen LogP contribution in [-0.4, -0.2) is 25.3 Å². The van der Waals surface area contributed by atoms with Gasteiger partial charge in [0.15, 0.2) is 0 Å². The van der Waals surface area contributed by atoms with Crippen LogP contribution in [0, 0.1) is 11.3 Å². The predicted molar refractivity (Wildman–Crippen MR) is 81.4 cm³/mol. The number of benzene rings is 1. The first-order chi connectivity index (χ1) is 9.19. The maximum absolute atomic E-state index is 7.75. The van der Waals surface area contributed by atoms with Gasteiger partial charge in [0.1, 0.15) is 0 Å². The Morgan fingerprint density at radius 2 is 2.16 bits per heavy atom. The summed E-state index contributed by atoms with van der Waals surface area (Å²) in [5, 5.41) is 11.3. The summed E-state index contributed by atoms with van der Waals surface area (Å²) in [5.41, 5.74) is 10.00. The third-order valence-electron chi connectivity index (χ3n) is 4.07. The van der Waals surface area contributed by atoms with Crippen LogP contribution < -0.4 is 16.0 Å². The van der Waals surface area contributed by atoms with Crippen LogP contribution in [0.2, 0.25) is 0 Å². The molecule has 1 aliphatic heterocycles. The summed E-state index contributed by atoms with van der Waals surface area (Å²) in [5.74, 6) is 0.707. The molecule has 1 atom stereocenters. The first-order valence-corrected chi connectivity index (χ1v) is 7.13. The van der Waals surface area contributed by atoms with Crippen LogP contribution in [0.25, 0.3) is 0 Å². The normalized spacial score (nSPS) is 22.6. The van der Waals surface area contributed by atoms with Gasteiger partial charge in [-0.3, -0.25) is 0 Å². The van der Waals surface area contributed by atoms with Crippen molar-refractivity contribution in [2.45, 2.75) is 32.2 Å². The third-order valence-corrected chi connectivity index (χ3v) is 4.07. The third kappa shape index (κ3) is 2.39. The van der Waals surface area contributed by atoms with Crippen LogP contribution in [0.1, 0.15) is 31.7 Å². The smallest absolute Gasteiger partial charge is 0.0709 e. The molecular formula is C15H22N4. The zero-order valence-electron chi connectivity index (χ0n) is 11.4. The Labute approximate surface area is 114 Å². The van der Waals surface area contributed by atoms with Gasteiger partial charge < -0.3 is 21.4 Å².